The number of likely N-dealkylation sites (N-methyl/N-ethyl adjacent to an activating group) is 1. The largest absolute Gasteiger partial charge is 0.489 e. The Kier molecular flexibility index (Phi) is 5.34. The molecule has 0 spiro atoms. The topological polar surface area (TPSA) is 34.2 Å². The highest BCUT2D eigenvalue weighted by molar-refractivity contribution is 5.64. The van der Waals surface area contributed by atoms with Gasteiger partial charge in [0.05, 0.1) is 12.3 Å². The molecule has 0 radical (unpaired) electrons. The van der Waals surface area contributed by atoms with Gasteiger partial charge in [0, 0.05) is 17.8 Å². The minimum absolute atomic E-state index is 0.160. The van der Waals surface area contributed by atoms with Crippen molar-refractivity contribution in [1.29, 1.82) is 0 Å². The molecule has 0 fully saturated rings. The van der Waals surface area contributed by atoms with Crippen LogP contribution in [0, 0.1) is 0 Å². The molecule has 0 saturated heterocycles. The second-order valence-electron chi connectivity index (χ2n) is 5.67. The first-order valence-electron chi connectivity index (χ1n) is 7.46. The van der Waals surface area contributed by atoms with Crippen LogP contribution < -0.4 is 10.1 Å². The molecule has 0 aliphatic heterocycles. The van der Waals surface area contributed by atoms with Crippen LogP contribution in [0.2, 0.25) is 0 Å². The summed E-state index contributed by atoms with van der Waals surface area (Å²) in [6.07, 6.45) is 4.82. The molecule has 0 saturated carbocycles. The lowest BCUT2D eigenvalue weighted by Crippen LogP contribution is -2.23. The van der Waals surface area contributed by atoms with Crippen molar-refractivity contribution < 1.29 is 4.74 Å². The van der Waals surface area contributed by atoms with E-state index in [2.05, 4.69) is 41.5 Å². The molecular formula is C18H24N2O. The lowest BCUT2D eigenvalue weighted by Gasteiger charge is -2.12. The molecule has 0 bridgehead atoms. The molecule has 0 aliphatic rings. The van der Waals surface area contributed by atoms with Crippen LogP contribution in [-0.4, -0.2) is 24.2 Å². The van der Waals surface area contributed by atoms with Gasteiger partial charge in [-0.3, -0.25) is 4.98 Å². The molecule has 1 aromatic carbocycles. The number of nitrogens with zero attached hydrogens (tertiary/aromatic N) is 1. The molecule has 1 N–H and O–H groups in total. The van der Waals surface area contributed by atoms with Gasteiger partial charge in [-0.1, -0.05) is 24.3 Å². The standard InChI is InChI=1S/C18H24N2O/c1-13(2)21-18-10-17(11-20-12-18)16-7-5-15(6-8-16)9-14(3)19-4/h5-8,10-14,19H,9H2,1-4H3. The summed E-state index contributed by atoms with van der Waals surface area (Å²) in [6.45, 7) is 6.22. The Bertz CT molecular complexity index is 564. The van der Waals surface area contributed by atoms with Crippen LogP contribution in [0.15, 0.2) is 42.7 Å². The molecule has 3 nitrogen and oxygen atoms in total. The van der Waals surface area contributed by atoms with Gasteiger partial charge in [0.15, 0.2) is 0 Å². The van der Waals surface area contributed by atoms with Crippen molar-refractivity contribution in [2.45, 2.75) is 39.3 Å². The Morgan fingerprint density at radius 3 is 2.38 bits per heavy atom. The fourth-order valence-electron chi connectivity index (χ4n) is 2.20. The van der Waals surface area contributed by atoms with Crippen LogP contribution in [0.4, 0.5) is 0 Å². The van der Waals surface area contributed by atoms with Crippen LogP contribution in [0.25, 0.3) is 11.1 Å². The first kappa shape index (κ1) is 15.5. The zero-order chi connectivity index (χ0) is 15.2. The average molecular weight is 284 g/mol. The highest BCUT2D eigenvalue weighted by Gasteiger charge is 2.04. The third-order valence-electron chi connectivity index (χ3n) is 3.41. The monoisotopic (exact) mass is 284 g/mol. The molecule has 2 aromatic rings. The zero-order valence-electron chi connectivity index (χ0n) is 13.3. The normalized spacial score (nSPS) is 12.4. The van der Waals surface area contributed by atoms with Crippen molar-refractivity contribution in [3.63, 3.8) is 0 Å². The summed E-state index contributed by atoms with van der Waals surface area (Å²) >= 11 is 0. The maximum atomic E-state index is 5.70. The molecule has 2 rings (SSSR count). The lowest BCUT2D eigenvalue weighted by atomic mass is 10.0. The van der Waals surface area contributed by atoms with Crippen LogP contribution in [0.3, 0.4) is 0 Å². The van der Waals surface area contributed by atoms with Crippen molar-refractivity contribution in [1.82, 2.24) is 10.3 Å². The van der Waals surface area contributed by atoms with Gasteiger partial charge < -0.3 is 10.1 Å². The quantitative estimate of drug-likeness (QED) is 0.878. The van der Waals surface area contributed by atoms with E-state index in [1.165, 1.54) is 5.56 Å². The predicted molar refractivity (Wildman–Crippen MR) is 87.7 cm³/mol. The molecular weight excluding hydrogens is 260 g/mol. The number of aromatic nitrogens is 1. The van der Waals surface area contributed by atoms with Crippen molar-refractivity contribution in [2.75, 3.05) is 7.05 Å². The molecule has 1 heterocycles. The van der Waals surface area contributed by atoms with Crippen LogP contribution in [0.5, 0.6) is 5.75 Å². The van der Waals surface area contributed by atoms with Crippen molar-refractivity contribution in [3.8, 4) is 16.9 Å². The van der Waals surface area contributed by atoms with E-state index < -0.39 is 0 Å². The van der Waals surface area contributed by atoms with Crippen molar-refractivity contribution in [3.05, 3.63) is 48.3 Å². The summed E-state index contributed by atoms with van der Waals surface area (Å²) in [5, 5.41) is 3.26. The Hall–Kier alpha value is -1.87. The second-order valence-corrected chi connectivity index (χ2v) is 5.67. The van der Waals surface area contributed by atoms with Crippen molar-refractivity contribution >= 4 is 0 Å². The van der Waals surface area contributed by atoms with Gasteiger partial charge in [-0.2, -0.15) is 0 Å². The van der Waals surface area contributed by atoms with Crippen LogP contribution in [-0.2, 0) is 6.42 Å². The van der Waals surface area contributed by atoms with Crippen molar-refractivity contribution in [2.24, 2.45) is 0 Å². The third kappa shape index (κ3) is 4.57. The number of pyridine rings is 1. The smallest absolute Gasteiger partial charge is 0.138 e. The zero-order valence-corrected chi connectivity index (χ0v) is 13.3. The Balaban J connectivity index is 2.14. The summed E-state index contributed by atoms with van der Waals surface area (Å²) in [5.41, 5.74) is 3.59. The summed E-state index contributed by atoms with van der Waals surface area (Å²) in [6, 6.07) is 11.2. The number of ether oxygens (including phenoxy) is 1. The number of benzene rings is 1. The number of hydrogen-bond acceptors (Lipinski definition) is 3. The molecule has 1 atom stereocenters. The highest BCUT2D eigenvalue weighted by Crippen LogP contribution is 2.23. The molecule has 21 heavy (non-hydrogen) atoms. The Morgan fingerprint density at radius 2 is 1.76 bits per heavy atom. The molecule has 3 heteroatoms. The van der Waals surface area contributed by atoms with Gasteiger partial charge in [-0.25, -0.2) is 0 Å². The number of hydrogen-bond donors (Lipinski definition) is 1. The predicted octanol–water partition coefficient (Wildman–Crippen LogP) is 3.69. The second kappa shape index (κ2) is 7.23. The van der Waals surface area contributed by atoms with Gasteiger partial charge in [0.2, 0.25) is 0 Å². The fraction of sp³-hybridized carbons (Fsp3) is 0.389. The summed E-state index contributed by atoms with van der Waals surface area (Å²) in [5.74, 6) is 0.815. The third-order valence-corrected chi connectivity index (χ3v) is 3.41. The molecule has 112 valence electrons. The van der Waals surface area contributed by atoms with E-state index in [9.17, 15) is 0 Å². The number of nitrogens with one attached hydrogen (secondary N) is 1. The van der Waals surface area contributed by atoms with Gasteiger partial charge in [0.25, 0.3) is 0 Å². The SMILES string of the molecule is CNC(C)Cc1ccc(-c2cncc(OC(C)C)c2)cc1. The van der Waals surface area contributed by atoms with Crippen LogP contribution in [0.1, 0.15) is 26.3 Å². The maximum absolute atomic E-state index is 5.70. The van der Waals surface area contributed by atoms with E-state index in [0.717, 1.165) is 23.3 Å². The maximum Gasteiger partial charge on any atom is 0.138 e. The number of rotatable bonds is 6. The molecule has 0 amide bonds. The van der Waals surface area contributed by atoms with E-state index in [0.29, 0.717) is 6.04 Å². The molecule has 1 unspecified atom stereocenters. The Morgan fingerprint density at radius 1 is 1.05 bits per heavy atom. The van der Waals surface area contributed by atoms with E-state index in [1.54, 1.807) is 6.20 Å². The Labute approximate surface area is 127 Å². The van der Waals surface area contributed by atoms with Crippen LogP contribution >= 0.6 is 0 Å². The van der Waals surface area contributed by atoms with Gasteiger partial charge in [0.1, 0.15) is 5.75 Å². The fourth-order valence-corrected chi connectivity index (χ4v) is 2.20. The van der Waals surface area contributed by atoms with Gasteiger partial charge in [-0.15, -0.1) is 0 Å². The first-order chi connectivity index (χ1) is 10.1. The van der Waals surface area contributed by atoms with E-state index in [1.807, 2.05) is 33.2 Å². The summed E-state index contributed by atoms with van der Waals surface area (Å²) in [7, 11) is 1.99. The van der Waals surface area contributed by atoms with Gasteiger partial charge >= 0.3 is 0 Å². The van der Waals surface area contributed by atoms with E-state index >= 15 is 0 Å². The lowest BCUT2D eigenvalue weighted by molar-refractivity contribution is 0.241. The minimum Gasteiger partial charge on any atom is -0.489 e. The van der Waals surface area contributed by atoms with Gasteiger partial charge in [-0.05, 0) is 51.4 Å². The van der Waals surface area contributed by atoms with E-state index in [-0.39, 0.29) is 6.10 Å². The minimum atomic E-state index is 0.160. The van der Waals surface area contributed by atoms with E-state index in [4.69, 9.17) is 4.74 Å². The molecule has 0 aliphatic carbocycles. The summed E-state index contributed by atoms with van der Waals surface area (Å²) in [4.78, 5) is 4.26. The molecule has 1 aromatic heterocycles. The first-order valence-corrected chi connectivity index (χ1v) is 7.46. The average Bonchev–Trinajstić information content (AvgIpc) is 2.47. The highest BCUT2D eigenvalue weighted by atomic mass is 16.5. The summed E-state index contributed by atoms with van der Waals surface area (Å²) < 4.78 is 5.70.